The van der Waals surface area contributed by atoms with E-state index in [0.717, 1.165) is 18.8 Å². The lowest BCUT2D eigenvalue weighted by Crippen LogP contribution is -2.18. The van der Waals surface area contributed by atoms with Crippen LogP contribution in [0.25, 0.3) is 0 Å². The van der Waals surface area contributed by atoms with Crippen molar-refractivity contribution in [1.82, 2.24) is 20.2 Å². The van der Waals surface area contributed by atoms with Gasteiger partial charge in [0.2, 0.25) is 0 Å². The first-order valence-electron chi connectivity index (χ1n) is 4.28. The average molecular weight is 168 g/mol. The van der Waals surface area contributed by atoms with Crippen molar-refractivity contribution in [3.05, 3.63) is 5.82 Å². The molecule has 0 N–H and O–H groups in total. The zero-order valence-electron chi connectivity index (χ0n) is 8.20. The van der Waals surface area contributed by atoms with Crippen LogP contribution in [0, 0.1) is 5.41 Å². The zero-order valence-corrected chi connectivity index (χ0v) is 8.20. The minimum atomic E-state index is 0.235. The van der Waals surface area contributed by atoms with Crippen molar-refractivity contribution >= 4 is 0 Å². The Kier molecular flexibility index (Phi) is 2.45. The minimum Gasteiger partial charge on any atom is -0.229 e. The first kappa shape index (κ1) is 9.16. The van der Waals surface area contributed by atoms with Crippen LogP contribution < -0.4 is 0 Å². The Bertz CT molecular complexity index is 246. The SMILES string of the molecule is CCc1nnnn1CC(C)(C)C. The Labute approximate surface area is 73.0 Å². The summed E-state index contributed by atoms with van der Waals surface area (Å²) >= 11 is 0. The van der Waals surface area contributed by atoms with Gasteiger partial charge >= 0.3 is 0 Å². The molecule has 0 fully saturated rings. The second-order valence-electron chi connectivity index (χ2n) is 4.17. The van der Waals surface area contributed by atoms with E-state index in [1.807, 2.05) is 4.68 Å². The van der Waals surface area contributed by atoms with Crippen LogP contribution in [0.1, 0.15) is 33.5 Å². The Morgan fingerprint density at radius 2 is 2.00 bits per heavy atom. The predicted molar refractivity (Wildman–Crippen MR) is 46.7 cm³/mol. The van der Waals surface area contributed by atoms with Crippen LogP contribution in [0.15, 0.2) is 0 Å². The third kappa shape index (κ3) is 2.29. The highest BCUT2D eigenvalue weighted by molar-refractivity contribution is 4.80. The largest absolute Gasteiger partial charge is 0.229 e. The van der Waals surface area contributed by atoms with E-state index in [1.54, 1.807) is 0 Å². The fourth-order valence-corrected chi connectivity index (χ4v) is 1.05. The molecule has 0 aliphatic carbocycles. The van der Waals surface area contributed by atoms with Gasteiger partial charge in [-0.2, -0.15) is 0 Å². The molecule has 0 spiro atoms. The highest BCUT2D eigenvalue weighted by Crippen LogP contribution is 2.15. The monoisotopic (exact) mass is 168 g/mol. The molecule has 0 bridgehead atoms. The molecule has 1 heterocycles. The number of hydrogen-bond donors (Lipinski definition) is 0. The van der Waals surface area contributed by atoms with Crippen molar-refractivity contribution in [2.24, 2.45) is 5.41 Å². The maximum Gasteiger partial charge on any atom is 0.151 e. The fourth-order valence-electron chi connectivity index (χ4n) is 1.05. The van der Waals surface area contributed by atoms with Crippen LogP contribution in [0.3, 0.4) is 0 Å². The summed E-state index contributed by atoms with van der Waals surface area (Å²) in [6, 6.07) is 0. The van der Waals surface area contributed by atoms with E-state index < -0.39 is 0 Å². The summed E-state index contributed by atoms with van der Waals surface area (Å²) in [5.41, 5.74) is 0.235. The van der Waals surface area contributed by atoms with Crippen LogP contribution in [0.4, 0.5) is 0 Å². The van der Waals surface area contributed by atoms with E-state index in [2.05, 4.69) is 43.2 Å². The maximum absolute atomic E-state index is 3.93. The Balaban J connectivity index is 2.75. The molecule has 1 rings (SSSR count). The van der Waals surface area contributed by atoms with Crippen LogP contribution in [0.2, 0.25) is 0 Å². The van der Waals surface area contributed by atoms with Crippen molar-refractivity contribution < 1.29 is 0 Å². The van der Waals surface area contributed by atoms with Crippen molar-refractivity contribution in [3.8, 4) is 0 Å². The molecule has 0 aliphatic rings. The molecular weight excluding hydrogens is 152 g/mol. The van der Waals surface area contributed by atoms with Gasteiger partial charge in [-0.25, -0.2) is 4.68 Å². The van der Waals surface area contributed by atoms with Crippen LogP contribution in [-0.4, -0.2) is 20.2 Å². The van der Waals surface area contributed by atoms with Gasteiger partial charge in [0.1, 0.15) is 0 Å². The fraction of sp³-hybridized carbons (Fsp3) is 0.875. The molecule has 1 aromatic heterocycles. The van der Waals surface area contributed by atoms with E-state index in [9.17, 15) is 0 Å². The smallest absolute Gasteiger partial charge is 0.151 e. The van der Waals surface area contributed by atoms with Crippen LogP contribution in [0.5, 0.6) is 0 Å². The summed E-state index contributed by atoms with van der Waals surface area (Å²) in [7, 11) is 0. The highest BCUT2D eigenvalue weighted by atomic mass is 15.5. The molecule has 1 aromatic rings. The van der Waals surface area contributed by atoms with Crippen LogP contribution >= 0.6 is 0 Å². The number of aromatic nitrogens is 4. The van der Waals surface area contributed by atoms with Gasteiger partial charge in [0.05, 0.1) is 0 Å². The lowest BCUT2D eigenvalue weighted by molar-refractivity contribution is 0.316. The van der Waals surface area contributed by atoms with Gasteiger partial charge in [-0.05, 0) is 15.8 Å². The molecule has 0 aliphatic heterocycles. The van der Waals surface area contributed by atoms with Gasteiger partial charge in [0.15, 0.2) is 5.82 Å². The standard InChI is InChI=1S/C8H16N4/c1-5-7-9-10-11-12(7)6-8(2,3)4/h5-6H2,1-4H3. The summed E-state index contributed by atoms with van der Waals surface area (Å²) in [4.78, 5) is 0. The summed E-state index contributed by atoms with van der Waals surface area (Å²) in [6.07, 6.45) is 0.892. The summed E-state index contributed by atoms with van der Waals surface area (Å²) in [5.74, 6) is 0.963. The molecule has 12 heavy (non-hydrogen) atoms. The molecular formula is C8H16N4. The Morgan fingerprint density at radius 3 is 2.50 bits per heavy atom. The number of hydrogen-bond acceptors (Lipinski definition) is 3. The van der Waals surface area contributed by atoms with E-state index in [0.29, 0.717) is 0 Å². The number of aryl methyl sites for hydroxylation is 1. The second kappa shape index (κ2) is 3.21. The summed E-state index contributed by atoms with van der Waals surface area (Å²) in [5, 5.41) is 11.5. The van der Waals surface area contributed by atoms with E-state index in [1.165, 1.54) is 0 Å². The van der Waals surface area contributed by atoms with E-state index in [4.69, 9.17) is 0 Å². The molecule has 0 saturated carbocycles. The first-order chi connectivity index (χ1) is 5.53. The highest BCUT2D eigenvalue weighted by Gasteiger charge is 2.14. The third-order valence-electron chi connectivity index (χ3n) is 1.55. The molecule has 4 heteroatoms. The molecule has 0 atom stereocenters. The molecule has 4 nitrogen and oxygen atoms in total. The van der Waals surface area contributed by atoms with Crippen molar-refractivity contribution in [3.63, 3.8) is 0 Å². The maximum atomic E-state index is 3.93. The Hall–Kier alpha value is -0.930. The van der Waals surface area contributed by atoms with Gasteiger partial charge in [-0.1, -0.05) is 27.7 Å². The van der Waals surface area contributed by atoms with Crippen molar-refractivity contribution in [2.45, 2.75) is 40.7 Å². The number of tetrazole rings is 1. The number of nitrogens with zero attached hydrogens (tertiary/aromatic N) is 4. The van der Waals surface area contributed by atoms with E-state index in [-0.39, 0.29) is 5.41 Å². The molecule has 68 valence electrons. The molecule has 0 radical (unpaired) electrons. The quantitative estimate of drug-likeness (QED) is 0.668. The molecule has 0 amide bonds. The molecule has 0 saturated heterocycles. The second-order valence-corrected chi connectivity index (χ2v) is 4.17. The minimum absolute atomic E-state index is 0.235. The summed E-state index contributed by atoms with van der Waals surface area (Å²) < 4.78 is 1.88. The van der Waals surface area contributed by atoms with Gasteiger partial charge < -0.3 is 0 Å². The predicted octanol–water partition coefficient (Wildman–Crippen LogP) is 1.28. The van der Waals surface area contributed by atoms with Crippen molar-refractivity contribution in [2.75, 3.05) is 0 Å². The molecule has 0 unspecified atom stereocenters. The third-order valence-corrected chi connectivity index (χ3v) is 1.55. The normalized spacial score (nSPS) is 12.0. The Morgan fingerprint density at radius 1 is 1.33 bits per heavy atom. The van der Waals surface area contributed by atoms with E-state index >= 15 is 0 Å². The topological polar surface area (TPSA) is 43.6 Å². The number of rotatable bonds is 2. The van der Waals surface area contributed by atoms with Gasteiger partial charge in [-0.3, -0.25) is 0 Å². The average Bonchev–Trinajstić information content (AvgIpc) is 2.31. The summed E-state index contributed by atoms with van der Waals surface area (Å²) in [6.45, 7) is 9.46. The van der Waals surface area contributed by atoms with Gasteiger partial charge in [-0.15, -0.1) is 5.10 Å². The lowest BCUT2D eigenvalue weighted by Gasteiger charge is -2.17. The first-order valence-corrected chi connectivity index (χ1v) is 4.28. The van der Waals surface area contributed by atoms with Crippen molar-refractivity contribution in [1.29, 1.82) is 0 Å². The van der Waals surface area contributed by atoms with Gasteiger partial charge in [0, 0.05) is 13.0 Å². The van der Waals surface area contributed by atoms with Gasteiger partial charge in [0.25, 0.3) is 0 Å². The zero-order chi connectivity index (χ0) is 9.19. The molecule has 0 aromatic carbocycles. The van der Waals surface area contributed by atoms with Crippen LogP contribution in [-0.2, 0) is 13.0 Å². The lowest BCUT2D eigenvalue weighted by atomic mass is 9.97.